The second-order valence-corrected chi connectivity index (χ2v) is 7.80. The zero-order valence-electron chi connectivity index (χ0n) is 17.7. The smallest absolute Gasteiger partial charge is 0.300 e. The number of aliphatic hydroxyl groups excluding tert-OH is 1. The molecule has 3 aromatic carbocycles. The summed E-state index contributed by atoms with van der Waals surface area (Å²) in [5.41, 5.74) is -0.575. The highest BCUT2D eigenvalue weighted by Crippen LogP contribution is 2.43. The van der Waals surface area contributed by atoms with Gasteiger partial charge in [-0.3, -0.25) is 14.5 Å². The number of aliphatic hydroxyl groups is 1. The van der Waals surface area contributed by atoms with E-state index in [4.69, 9.17) is 16.3 Å². The third-order valence-corrected chi connectivity index (χ3v) is 5.61. The molecule has 174 valence electrons. The molecule has 1 unspecified atom stereocenters. The standard InChI is InChI=1S/C25H17ClF3NO4/c1-2-34-20-11-14(5-9-17(20)26)23(31)21-22(13-3-6-15(27)7-4-13)30(25(33)24(21)32)19-12-16(28)8-10-18(19)29/h3-12,22,31H,2H2,1H3/b23-21+. The van der Waals surface area contributed by atoms with Crippen LogP contribution < -0.4 is 9.64 Å². The van der Waals surface area contributed by atoms with Gasteiger partial charge in [0.1, 0.15) is 29.0 Å². The van der Waals surface area contributed by atoms with Crippen LogP contribution in [0.15, 0.2) is 66.2 Å². The normalized spacial score (nSPS) is 17.3. The van der Waals surface area contributed by atoms with Gasteiger partial charge < -0.3 is 9.84 Å². The van der Waals surface area contributed by atoms with E-state index in [1.54, 1.807) is 6.92 Å². The minimum Gasteiger partial charge on any atom is -0.507 e. The molecule has 0 spiro atoms. The van der Waals surface area contributed by atoms with Crippen molar-refractivity contribution in [2.45, 2.75) is 13.0 Å². The predicted molar refractivity (Wildman–Crippen MR) is 120 cm³/mol. The van der Waals surface area contributed by atoms with E-state index in [1.807, 2.05) is 0 Å². The Kier molecular flexibility index (Phi) is 6.34. The molecule has 0 aliphatic carbocycles. The molecule has 1 aliphatic heterocycles. The first-order valence-corrected chi connectivity index (χ1v) is 10.5. The first kappa shape index (κ1) is 23.4. The number of ether oxygens (including phenoxy) is 1. The maximum atomic E-state index is 14.7. The van der Waals surface area contributed by atoms with Gasteiger partial charge in [0, 0.05) is 11.6 Å². The molecule has 0 bridgehead atoms. The molecule has 1 fully saturated rings. The molecular formula is C25H17ClF3NO4. The Morgan fingerprint density at radius 3 is 2.35 bits per heavy atom. The molecule has 5 nitrogen and oxygen atoms in total. The summed E-state index contributed by atoms with van der Waals surface area (Å²) in [6.45, 7) is 2.01. The molecule has 34 heavy (non-hydrogen) atoms. The van der Waals surface area contributed by atoms with E-state index < -0.39 is 46.6 Å². The highest BCUT2D eigenvalue weighted by molar-refractivity contribution is 6.51. The van der Waals surface area contributed by atoms with Gasteiger partial charge in [-0.2, -0.15) is 0 Å². The number of anilines is 1. The van der Waals surface area contributed by atoms with E-state index in [0.29, 0.717) is 0 Å². The summed E-state index contributed by atoms with van der Waals surface area (Å²) in [6, 6.07) is 10.1. The zero-order valence-corrected chi connectivity index (χ0v) is 18.4. The van der Waals surface area contributed by atoms with E-state index in [9.17, 15) is 27.9 Å². The third kappa shape index (κ3) is 4.12. The van der Waals surface area contributed by atoms with Crippen LogP contribution in [0.3, 0.4) is 0 Å². The highest BCUT2D eigenvalue weighted by atomic mass is 35.5. The lowest BCUT2D eigenvalue weighted by molar-refractivity contribution is -0.132. The molecule has 1 saturated heterocycles. The van der Waals surface area contributed by atoms with Gasteiger partial charge in [0.05, 0.1) is 28.9 Å². The Labute approximate surface area is 197 Å². The van der Waals surface area contributed by atoms with Crippen LogP contribution in [-0.2, 0) is 9.59 Å². The van der Waals surface area contributed by atoms with Crippen LogP contribution in [0.5, 0.6) is 5.75 Å². The molecule has 1 amide bonds. The second-order valence-electron chi connectivity index (χ2n) is 7.39. The molecule has 3 aromatic rings. The summed E-state index contributed by atoms with van der Waals surface area (Å²) >= 11 is 6.10. The number of hydrogen-bond donors (Lipinski definition) is 1. The van der Waals surface area contributed by atoms with E-state index in [2.05, 4.69) is 0 Å². The van der Waals surface area contributed by atoms with Crippen LogP contribution >= 0.6 is 11.6 Å². The summed E-state index contributed by atoms with van der Waals surface area (Å²) < 4.78 is 47.6. The SMILES string of the molecule is CCOc1cc(/C(O)=C2\C(=O)C(=O)N(c3cc(F)ccc3F)C2c2ccc(F)cc2)ccc1Cl. The van der Waals surface area contributed by atoms with Crippen molar-refractivity contribution in [3.8, 4) is 5.75 Å². The van der Waals surface area contributed by atoms with Gasteiger partial charge in [-0.1, -0.05) is 23.7 Å². The van der Waals surface area contributed by atoms with Gasteiger partial charge in [-0.25, -0.2) is 13.2 Å². The van der Waals surface area contributed by atoms with Crippen molar-refractivity contribution < 1.29 is 32.6 Å². The van der Waals surface area contributed by atoms with Gasteiger partial charge in [0.25, 0.3) is 11.7 Å². The van der Waals surface area contributed by atoms with E-state index >= 15 is 0 Å². The third-order valence-electron chi connectivity index (χ3n) is 5.30. The van der Waals surface area contributed by atoms with Crippen LogP contribution in [0.4, 0.5) is 18.9 Å². The topological polar surface area (TPSA) is 66.8 Å². The van der Waals surface area contributed by atoms with Gasteiger partial charge in [-0.15, -0.1) is 0 Å². The number of nitrogens with zero attached hydrogens (tertiary/aromatic N) is 1. The number of amides is 1. The lowest BCUT2D eigenvalue weighted by Gasteiger charge is -2.25. The summed E-state index contributed by atoms with van der Waals surface area (Å²) in [6.07, 6.45) is 0. The van der Waals surface area contributed by atoms with Crippen molar-refractivity contribution in [1.29, 1.82) is 0 Å². The van der Waals surface area contributed by atoms with Crippen molar-refractivity contribution in [2.75, 3.05) is 11.5 Å². The lowest BCUT2D eigenvalue weighted by Crippen LogP contribution is -2.30. The summed E-state index contributed by atoms with van der Waals surface area (Å²) in [7, 11) is 0. The van der Waals surface area contributed by atoms with Crippen molar-refractivity contribution in [2.24, 2.45) is 0 Å². The Morgan fingerprint density at radius 1 is 1.00 bits per heavy atom. The first-order chi connectivity index (χ1) is 16.2. The summed E-state index contributed by atoms with van der Waals surface area (Å²) in [4.78, 5) is 26.8. The lowest BCUT2D eigenvalue weighted by atomic mass is 9.95. The Bertz CT molecular complexity index is 1320. The van der Waals surface area contributed by atoms with Crippen LogP contribution in [0.25, 0.3) is 5.76 Å². The van der Waals surface area contributed by atoms with E-state index in [0.717, 1.165) is 35.2 Å². The van der Waals surface area contributed by atoms with Gasteiger partial charge in [-0.05, 0) is 55.0 Å². The van der Waals surface area contributed by atoms with Gasteiger partial charge >= 0.3 is 0 Å². The maximum absolute atomic E-state index is 14.7. The van der Waals surface area contributed by atoms with Crippen molar-refractivity contribution in [1.82, 2.24) is 0 Å². The molecule has 1 atom stereocenters. The van der Waals surface area contributed by atoms with E-state index in [-0.39, 0.29) is 34.1 Å². The predicted octanol–water partition coefficient (Wildman–Crippen LogP) is 5.78. The molecule has 9 heteroatoms. The van der Waals surface area contributed by atoms with Crippen LogP contribution in [-0.4, -0.2) is 23.4 Å². The minimum atomic E-state index is -1.36. The van der Waals surface area contributed by atoms with Gasteiger partial charge in [0.2, 0.25) is 0 Å². The fraction of sp³-hybridized carbons (Fsp3) is 0.120. The number of carbonyl (C=O) groups is 2. The van der Waals surface area contributed by atoms with Crippen molar-refractivity contribution in [3.63, 3.8) is 0 Å². The Hall–Kier alpha value is -3.78. The molecule has 1 heterocycles. The number of benzene rings is 3. The maximum Gasteiger partial charge on any atom is 0.300 e. The number of ketones is 1. The van der Waals surface area contributed by atoms with Crippen molar-refractivity contribution in [3.05, 3.63) is 99.8 Å². The average molecular weight is 488 g/mol. The molecule has 4 rings (SSSR count). The molecule has 1 aliphatic rings. The minimum absolute atomic E-state index is 0.109. The number of halogens is 4. The van der Waals surface area contributed by atoms with Crippen LogP contribution in [0.1, 0.15) is 24.1 Å². The van der Waals surface area contributed by atoms with Crippen LogP contribution in [0, 0.1) is 17.5 Å². The second kappa shape index (κ2) is 9.23. The fourth-order valence-corrected chi connectivity index (χ4v) is 3.96. The number of carbonyl (C=O) groups excluding carboxylic acids is 2. The first-order valence-electron chi connectivity index (χ1n) is 10.2. The van der Waals surface area contributed by atoms with Crippen LogP contribution in [0.2, 0.25) is 5.02 Å². The monoisotopic (exact) mass is 487 g/mol. The van der Waals surface area contributed by atoms with E-state index in [1.165, 1.54) is 30.3 Å². The largest absolute Gasteiger partial charge is 0.507 e. The Balaban J connectivity index is 1.96. The number of hydrogen-bond acceptors (Lipinski definition) is 4. The fourth-order valence-electron chi connectivity index (χ4n) is 3.78. The molecular weight excluding hydrogens is 471 g/mol. The number of rotatable bonds is 5. The quantitative estimate of drug-likeness (QED) is 0.281. The van der Waals surface area contributed by atoms with Gasteiger partial charge in [0.15, 0.2) is 0 Å². The summed E-state index contributed by atoms with van der Waals surface area (Å²) in [5.74, 6) is -5.03. The molecule has 0 radical (unpaired) electrons. The number of Topliss-reactive ketones (excluding diaryl/α,β-unsaturated/α-hetero) is 1. The molecule has 1 N–H and O–H groups in total. The van der Waals surface area contributed by atoms with Crippen molar-refractivity contribution >= 4 is 34.7 Å². The molecule has 0 saturated carbocycles. The Morgan fingerprint density at radius 2 is 1.68 bits per heavy atom. The zero-order chi connectivity index (χ0) is 24.6. The average Bonchev–Trinajstić information content (AvgIpc) is 3.07. The molecule has 0 aromatic heterocycles. The summed E-state index contributed by atoms with van der Waals surface area (Å²) in [5, 5.41) is 11.4. The highest BCUT2D eigenvalue weighted by Gasteiger charge is 2.47.